The van der Waals surface area contributed by atoms with Crippen molar-refractivity contribution in [1.29, 1.82) is 0 Å². The number of thioether (sulfide) groups is 2. The summed E-state index contributed by atoms with van der Waals surface area (Å²) in [5, 5.41) is 23.2. The number of hydrogen-bond donors (Lipinski definition) is 3. The molecular weight excluding hydrogens is 532 g/mol. The van der Waals surface area contributed by atoms with Crippen LogP contribution in [-0.4, -0.2) is 79.8 Å². The van der Waals surface area contributed by atoms with Gasteiger partial charge in [0.2, 0.25) is 0 Å². The summed E-state index contributed by atoms with van der Waals surface area (Å²) in [6.07, 6.45) is -1.03. The number of carbonyl (C=O) groups excluding carboxylic acids is 3. The quantitative estimate of drug-likeness (QED) is 0.174. The van der Waals surface area contributed by atoms with Crippen molar-refractivity contribution >= 4 is 64.4 Å². The molecule has 188 valence electrons. The largest absolute Gasteiger partial charge is 0.477 e. The molecule has 36 heavy (non-hydrogen) atoms. The third kappa shape index (κ3) is 5.29. The van der Waals surface area contributed by atoms with Crippen molar-refractivity contribution < 1.29 is 33.9 Å². The van der Waals surface area contributed by atoms with E-state index in [1.165, 1.54) is 71.1 Å². The van der Waals surface area contributed by atoms with Crippen LogP contribution in [0, 0.1) is 0 Å². The van der Waals surface area contributed by atoms with Gasteiger partial charge < -0.3 is 25.7 Å². The normalized spacial score (nSPS) is 19.3. The second kappa shape index (κ2) is 11.0. The minimum absolute atomic E-state index is 0.0838. The first kappa shape index (κ1) is 25.5. The molecule has 0 bridgehead atoms. The molecule has 4 N–H and O–H groups in total. The zero-order valence-electron chi connectivity index (χ0n) is 18.4. The molecule has 2 aliphatic rings. The molecule has 0 radical (unpaired) electrons. The van der Waals surface area contributed by atoms with Crippen LogP contribution in [0.1, 0.15) is 5.56 Å². The lowest BCUT2D eigenvalue weighted by molar-refractivity contribution is -0.150. The molecule has 0 spiro atoms. The number of amides is 3. The van der Waals surface area contributed by atoms with Gasteiger partial charge in [-0.15, -0.1) is 22.0 Å². The Morgan fingerprint density at radius 1 is 1.39 bits per heavy atom. The molecule has 1 saturated heterocycles. The third-order valence-electron chi connectivity index (χ3n) is 4.97. The Hall–Kier alpha value is -3.63. The SMILES string of the molecule is CO/N=C(/C(=O)NC1C(=O)N2C(C(=O)O)=C(CSc3nncs3)CS[C@H]12)c1cccc(OC(N)=O)c1. The van der Waals surface area contributed by atoms with Gasteiger partial charge in [-0.25, -0.2) is 9.59 Å². The average molecular weight is 551 g/mol. The second-order valence-electron chi connectivity index (χ2n) is 7.18. The van der Waals surface area contributed by atoms with Crippen molar-refractivity contribution in [2.24, 2.45) is 10.9 Å². The minimum atomic E-state index is -1.22. The number of carbonyl (C=O) groups is 4. The number of benzene rings is 1. The second-order valence-corrected chi connectivity index (χ2v) is 10.3. The Balaban J connectivity index is 1.49. The van der Waals surface area contributed by atoms with Crippen molar-refractivity contribution in [3.05, 3.63) is 46.6 Å². The maximum Gasteiger partial charge on any atom is 0.409 e. The summed E-state index contributed by atoms with van der Waals surface area (Å²) in [6.45, 7) is 0. The molecule has 13 nitrogen and oxygen atoms in total. The van der Waals surface area contributed by atoms with E-state index in [0.29, 0.717) is 21.4 Å². The Bertz CT molecular complexity index is 1270. The molecule has 2 atom stereocenters. The van der Waals surface area contributed by atoms with Crippen LogP contribution in [0.5, 0.6) is 5.75 Å². The topological polar surface area (TPSA) is 186 Å². The summed E-state index contributed by atoms with van der Waals surface area (Å²) < 4.78 is 5.52. The summed E-state index contributed by atoms with van der Waals surface area (Å²) in [5.41, 5.74) is 7.17. The highest BCUT2D eigenvalue weighted by Gasteiger charge is 2.54. The maximum absolute atomic E-state index is 13.0. The lowest BCUT2D eigenvalue weighted by atomic mass is 10.0. The summed E-state index contributed by atoms with van der Waals surface area (Å²) >= 11 is 4.02. The molecule has 3 heterocycles. The summed E-state index contributed by atoms with van der Waals surface area (Å²) in [5.74, 6) is -1.73. The van der Waals surface area contributed by atoms with Crippen LogP contribution >= 0.6 is 34.9 Å². The standard InChI is InChI=1S/C20H18N6O7S3/c1-32-25-12(9-3-2-4-11(5-9)33-19(21)31)15(27)23-13-16(28)26-14(18(29)30)10(6-34-17(13)26)7-35-20-24-22-8-36-20/h2-5,8,13,17H,6-7H2,1H3,(H2,21,31)(H,23,27)(H,29,30)/b25-12+/t13?,17-/m1/s1. The zero-order chi connectivity index (χ0) is 25.8. The van der Waals surface area contributed by atoms with Gasteiger partial charge in [0.05, 0.1) is 0 Å². The fourth-order valence-corrected chi connectivity index (χ4v) is 6.49. The number of fused-ring (bicyclic) bond motifs is 1. The number of primary amides is 1. The number of hydrogen-bond acceptors (Lipinski definition) is 12. The summed E-state index contributed by atoms with van der Waals surface area (Å²) in [4.78, 5) is 55.0. The van der Waals surface area contributed by atoms with Gasteiger partial charge in [-0.3, -0.25) is 14.5 Å². The molecule has 0 saturated carbocycles. The Morgan fingerprint density at radius 2 is 2.19 bits per heavy atom. The Kier molecular flexibility index (Phi) is 7.76. The predicted octanol–water partition coefficient (Wildman–Crippen LogP) is 0.877. The number of ether oxygens (including phenoxy) is 1. The van der Waals surface area contributed by atoms with E-state index in [9.17, 15) is 24.3 Å². The van der Waals surface area contributed by atoms with Crippen LogP contribution in [-0.2, 0) is 19.2 Å². The highest BCUT2D eigenvalue weighted by Crippen LogP contribution is 2.41. The molecule has 1 aromatic carbocycles. The average Bonchev–Trinajstić information content (AvgIpc) is 3.37. The van der Waals surface area contributed by atoms with Crippen LogP contribution in [0.2, 0.25) is 0 Å². The van der Waals surface area contributed by atoms with E-state index < -0.39 is 35.3 Å². The van der Waals surface area contributed by atoms with Gasteiger partial charge in [-0.05, 0) is 17.7 Å². The van der Waals surface area contributed by atoms with E-state index in [4.69, 9.17) is 15.3 Å². The molecule has 3 amide bonds. The van der Waals surface area contributed by atoms with Gasteiger partial charge in [-0.2, -0.15) is 0 Å². The van der Waals surface area contributed by atoms with Crippen molar-refractivity contribution in [2.75, 3.05) is 18.6 Å². The number of nitrogens with zero attached hydrogens (tertiary/aromatic N) is 4. The lowest BCUT2D eigenvalue weighted by Gasteiger charge is -2.49. The van der Waals surface area contributed by atoms with Gasteiger partial charge in [0, 0.05) is 17.1 Å². The van der Waals surface area contributed by atoms with Crippen LogP contribution in [0.15, 0.2) is 50.5 Å². The molecule has 4 rings (SSSR count). The van der Waals surface area contributed by atoms with Crippen LogP contribution < -0.4 is 15.8 Å². The fraction of sp³-hybridized carbons (Fsp3) is 0.250. The molecule has 1 fully saturated rings. The van der Waals surface area contributed by atoms with E-state index >= 15 is 0 Å². The lowest BCUT2D eigenvalue weighted by Crippen LogP contribution is -2.71. The maximum atomic E-state index is 13.0. The molecule has 1 aromatic heterocycles. The molecular formula is C20H18N6O7S3. The van der Waals surface area contributed by atoms with E-state index in [1.54, 1.807) is 5.51 Å². The van der Waals surface area contributed by atoms with Gasteiger partial charge in [0.1, 0.15) is 35.5 Å². The van der Waals surface area contributed by atoms with Crippen LogP contribution in [0.25, 0.3) is 0 Å². The number of aliphatic carboxylic acids is 1. The number of carboxylic acids is 1. The third-order valence-corrected chi connectivity index (χ3v) is 8.26. The number of oxime groups is 1. The van der Waals surface area contributed by atoms with Crippen LogP contribution in [0.4, 0.5) is 4.79 Å². The van der Waals surface area contributed by atoms with Gasteiger partial charge in [-0.1, -0.05) is 40.4 Å². The summed E-state index contributed by atoms with van der Waals surface area (Å²) in [6, 6.07) is 4.90. The van der Waals surface area contributed by atoms with Crippen LogP contribution in [0.3, 0.4) is 0 Å². The molecule has 2 aromatic rings. The number of nitrogens with one attached hydrogen (secondary N) is 1. The van der Waals surface area contributed by atoms with Crippen molar-refractivity contribution in [1.82, 2.24) is 20.4 Å². The molecule has 2 aliphatic heterocycles. The van der Waals surface area contributed by atoms with Crippen molar-refractivity contribution in [3.63, 3.8) is 0 Å². The van der Waals surface area contributed by atoms with Gasteiger partial charge in [0.15, 0.2) is 10.1 Å². The highest BCUT2D eigenvalue weighted by molar-refractivity contribution is 8.01. The Labute approximate surface area is 216 Å². The minimum Gasteiger partial charge on any atom is -0.477 e. The number of aromatic nitrogens is 2. The molecule has 16 heteroatoms. The first-order chi connectivity index (χ1) is 17.3. The first-order valence-corrected chi connectivity index (χ1v) is 13.0. The molecule has 0 aliphatic carbocycles. The number of rotatable bonds is 9. The Morgan fingerprint density at radius 3 is 2.86 bits per heavy atom. The van der Waals surface area contributed by atoms with E-state index in [0.717, 1.165) is 0 Å². The fourth-order valence-electron chi connectivity index (χ4n) is 3.52. The van der Waals surface area contributed by atoms with Crippen molar-refractivity contribution in [2.45, 2.75) is 15.8 Å². The predicted molar refractivity (Wildman–Crippen MR) is 131 cm³/mol. The van der Waals surface area contributed by atoms with E-state index in [-0.39, 0.29) is 22.7 Å². The zero-order valence-corrected chi connectivity index (χ0v) is 20.9. The van der Waals surface area contributed by atoms with Gasteiger partial charge in [0.25, 0.3) is 11.8 Å². The summed E-state index contributed by atoms with van der Waals surface area (Å²) in [7, 11) is 1.25. The number of β-lactam (4-membered cyclic amide) rings is 1. The van der Waals surface area contributed by atoms with E-state index in [1.807, 2.05) is 0 Å². The number of nitrogens with two attached hydrogens (primary N) is 1. The van der Waals surface area contributed by atoms with Gasteiger partial charge >= 0.3 is 12.1 Å². The van der Waals surface area contributed by atoms with Crippen molar-refractivity contribution in [3.8, 4) is 5.75 Å². The smallest absolute Gasteiger partial charge is 0.409 e. The monoisotopic (exact) mass is 550 g/mol. The van der Waals surface area contributed by atoms with E-state index in [2.05, 4.69) is 20.7 Å². The highest BCUT2D eigenvalue weighted by atomic mass is 32.2. The number of carboxylic acid groups (broad SMARTS) is 1. The molecule has 1 unspecified atom stereocenters. The first-order valence-electron chi connectivity index (χ1n) is 10.1.